The molecule has 1 N–H and O–H groups in total. The molecule has 3 amide bonds. The number of amides is 3. The standard InChI is InChI=1S/C13H13F3N2O2/c1-2-8-7-17-12(20)18(11(8)19)10-5-3-4-9(6-10)13(14,15)16/h3-6,8H,2,7H2,1H3,(H,17,20). The van der Waals surface area contributed by atoms with Crippen LogP contribution in [-0.2, 0) is 11.0 Å². The first-order chi connectivity index (χ1) is 9.34. The Kier molecular flexibility index (Phi) is 3.69. The van der Waals surface area contributed by atoms with Crippen molar-refractivity contribution in [1.82, 2.24) is 5.32 Å². The summed E-state index contributed by atoms with van der Waals surface area (Å²) in [5, 5.41) is 2.51. The van der Waals surface area contributed by atoms with Gasteiger partial charge in [-0.15, -0.1) is 0 Å². The molecule has 1 saturated heterocycles. The lowest BCUT2D eigenvalue weighted by atomic mass is 10.0. The van der Waals surface area contributed by atoms with E-state index < -0.39 is 29.6 Å². The molecule has 1 aromatic rings. The lowest BCUT2D eigenvalue weighted by molar-refractivity contribution is -0.137. The van der Waals surface area contributed by atoms with Crippen LogP contribution in [0.4, 0.5) is 23.7 Å². The number of carbonyl (C=O) groups excluding carboxylic acids is 2. The fourth-order valence-electron chi connectivity index (χ4n) is 2.04. The van der Waals surface area contributed by atoms with E-state index in [4.69, 9.17) is 0 Å². The van der Waals surface area contributed by atoms with Crippen LogP contribution in [0.1, 0.15) is 18.9 Å². The average Bonchev–Trinajstić information content (AvgIpc) is 2.38. The maximum atomic E-state index is 12.7. The van der Waals surface area contributed by atoms with Crippen molar-refractivity contribution in [3.05, 3.63) is 29.8 Å². The van der Waals surface area contributed by atoms with E-state index in [0.29, 0.717) is 6.42 Å². The number of imide groups is 1. The van der Waals surface area contributed by atoms with E-state index in [0.717, 1.165) is 17.0 Å². The molecule has 1 atom stereocenters. The van der Waals surface area contributed by atoms with Crippen molar-refractivity contribution in [1.29, 1.82) is 0 Å². The molecule has 1 aliphatic heterocycles. The number of hydrogen-bond acceptors (Lipinski definition) is 2. The van der Waals surface area contributed by atoms with Gasteiger partial charge in [0.15, 0.2) is 0 Å². The van der Waals surface area contributed by atoms with Crippen molar-refractivity contribution in [3.63, 3.8) is 0 Å². The third-order valence-electron chi connectivity index (χ3n) is 3.20. The molecule has 0 saturated carbocycles. The molecule has 0 spiro atoms. The molecular weight excluding hydrogens is 273 g/mol. The van der Waals surface area contributed by atoms with Crippen molar-refractivity contribution in [3.8, 4) is 0 Å². The monoisotopic (exact) mass is 286 g/mol. The van der Waals surface area contributed by atoms with Crippen molar-refractivity contribution >= 4 is 17.6 Å². The Balaban J connectivity index is 2.39. The molecule has 1 unspecified atom stereocenters. The summed E-state index contributed by atoms with van der Waals surface area (Å²) in [5.74, 6) is -0.891. The number of urea groups is 1. The number of rotatable bonds is 2. The lowest BCUT2D eigenvalue weighted by Crippen LogP contribution is -2.55. The third kappa shape index (κ3) is 2.61. The largest absolute Gasteiger partial charge is 0.416 e. The Morgan fingerprint density at radius 3 is 2.65 bits per heavy atom. The molecule has 0 bridgehead atoms. The number of nitrogens with zero attached hydrogens (tertiary/aromatic N) is 1. The van der Waals surface area contributed by atoms with Crippen LogP contribution in [-0.4, -0.2) is 18.5 Å². The molecule has 2 rings (SSSR count). The van der Waals surface area contributed by atoms with Crippen LogP contribution in [0.15, 0.2) is 24.3 Å². The SMILES string of the molecule is CCC1CNC(=O)N(c2cccc(C(F)(F)F)c2)C1=O. The van der Waals surface area contributed by atoms with Crippen molar-refractivity contribution in [2.45, 2.75) is 19.5 Å². The molecule has 1 aromatic carbocycles. The Hall–Kier alpha value is -2.05. The molecular formula is C13H13F3N2O2. The van der Waals surface area contributed by atoms with Crippen molar-refractivity contribution < 1.29 is 22.8 Å². The summed E-state index contributed by atoms with van der Waals surface area (Å²) in [5.41, 5.74) is -0.963. The number of anilines is 1. The van der Waals surface area contributed by atoms with Crippen LogP contribution >= 0.6 is 0 Å². The van der Waals surface area contributed by atoms with Gasteiger partial charge in [0.25, 0.3) is 0 Å². The van der Waals surface area contributed by atoms with E-state index in [2.05, 4.69) is 5.32 Å². The summed E-state index contributed by atoms with van der Waals surface area (Å²) < 4.78 is 38.0. The topological polar surface area (TPSA) is 49.4 Å². The summed E-state index contributed by atoms with van der Waals surface area (Å²) in [6, 6.07) is 3.49. The van der Waals surface area contributed by atoms with Gasteiger partial charge in [0.2, 0.25) is 5.91 Å². The first-order valence-corrected chi connectivity index (χ1v) is 6.13. The summed E-state index contributed by atoms with van der Waals surface area (Å²) in [6.45, 7) is 1.99. The van der Waals surface area contributed by atoms with Crippen molar-refractivity contribution in [2.75, 3.05) is 11.4 Å². The van der Waals surface area contributed by atoms with Gasteiger partial charge in [-0.25, -0.2) is 9.69 Å². The first kappa shape index (κ1) is 14.4. The van der Waals surface area contributed by atoms with Gasteiger partial charge in [0.05, 0.1) is 17.2 Å². The fourth-order valence-corrected chi connectivity index (χ4v) is 2.04. The zero-order chi connectivity index (χ0) is 14.9. The van der Waals surface area contributed by atoms with E-state index in [9.17, 15) is 22.8 Å². The molecule has 1 aliphatic rings. The number of hydrogen-bond donors (Lipinski definition) is 1. The summed E-state index contributed by atoms with van der Waals surface area (Å²) >= 11 is 0. The van der Waals surface area contributed by atoms with Gasteiger partial charge in [0.1, 0.15) is 0 Å². The van der Waals surface area contributed by atoms with E-state index in [1.807, 2.05) is 0 Å². The number of carbonyl (C=O) groups is 2. The molecule has 1 heterocycles. The van der Waals surface area contributed by atoms with Crippen LogP contribution < -0.4 is 10.2 Å². The first-order valence-electron chi connectivity index (χ1n) is 6.13. The van der Waals surface area contributed by atoms with Crippen LogP contribution in [0, 0.1) is 5.92 Å². The van der Waals surface area contributed by atoms with E-state index in [1.165, 1.54) is 12.1 Å². The van der Waals surface area contributed by atoms with Gasteiger partial charge < -0.3 is 5.32 Å². The highest BCUT2D eigenvalue weighted by atomic mass is 19.4. The Morgan fingerprint density at radius 2 is 2.05 bits per heavy atom. The minimum atomic E-state index is -4.52. The molecule has 0 aliphatic carbocycles. The van der Waals surface area contributed by atoms with Gasteiger partial charge in [-0.2, -0.15) is 13.2 Å². The number of alkyl halides is 3. The van der Waals surface area contributed by atoms with E-state index in [-0.39, 0.29) is 12.2 Å². The Labute approximate surface area is 113 Å². The molecule has 4 nitrogen and oxygen atoms in total. The molecule has 0 aromatic heterocycles. The minimum Gasteiger partial charge on any atom is -0.337 e. The zero-order valence-electron chi connectivity index (χ0n) is 10.7. The van der Waals surface area contributed by atoms with Gasteiger partial charge >= 0.3 is 12.2 Å². The highest BCUT2D eigenvalue weighted by Crippen LogP contribution is 2.32. The minimum absolute atomic E-state index is 0.0690. The van der Waals surface area contributed by atoms with Gasteiger partial charge in [0, 0.05) is 6.54 Å². The second-order valence-electron chi connectivity index (χ2n) is 4.51. The van der Waals surface area contributed by atoms with Gasteiger partial charge in [-0.3, -0.25) is 4.79 Å². The second-order valence-corrected chi connectivity index (χ2v) is 4.51. The zero-order valence-corrected chi connectivity index (χ0v) is 10.7. The number of benzene rings is 1. The van der Waals surface area contributed by atoms with Crippen LogP contribution in [0.25, 0.3) is 0 Å². The Morgan fingerprint density at radius 1 is 1.35 bits per heavy atom. The van der Waals surface area contributed by atoms with Gasteiger partial charge in [-0.1, -0.05) is 13.0 Å². The highest BCUT2D eigenvalue weighted by Gasteiger charge is 2.36. The highest BCUT2D eigenvalue weighted by molar-refractivity contribution is 6.16. The average molecular weight is 286 g/mol. The predicted molar refractivity (Wildman–Crippen MR) is 66.1 cm³/mol. The summed E-state index contributed by atoms with van der Waals surface area (Å²) in [6.07, 6.45) is -4.01. The number of halogens is 3. The second kappa shape index (κ2) is 5.15. The van der Waals surface area contributed by atoms with Gasteiger partial charge in [-0.05, 0) is 24.6 Å². The smallest absolute Gasteiger partial charge is 0.337 e. The normalized spacial score (nSPS) is 20.0. The van der Waals surface area contributed by atoms with Crippen LogP contribution in [0.3, 0.4) is 0 Å². The predicted octanol–water partition coefficient (Wildman–Crippen LogP) is 2.79. The summed E-state index contributed by atoms with van der Waals surface area (Å²) in [4.78, 5) is 24.6. The van der Waals surface area contributed by atoms with E-state index >= 15 is 0 Å². The fraction of sp³-hybridized carbons (Fsp3) is 0.385. The Bertz CT molecular complexity index is 543. The van der Waals surface area contributed by atoms with E-state index in [1.54, 1.807) is 6.92 Å². The molecule has 7 heteroatoms. The lowest BCUT2D eigenvalue weighted by Gasteiger charge is -2.31. The number of nitrogens with one attached hydrogen (secondary N) is 1. The van der Waals surface area contributed by atoms with Crippen molar-refractivity contribution in [2.24, 2.45) is 5.92 Å². The quantitative estimate of drug-likeness (QED) is 0.908. The maximum Gasteiger partial charge on any atom is 0.416 e. The molecule has 20 heavy (non-hydrogen) atoms. The van der Waals surface area contributed by atoms with Crippen LogP contribution in [0.2, 0.25) is 0 Å². The summed E-state index contributed by atoms with van der Waals surface area (Å²) in [7, 11) is 0. The van der Waals surface area contributed by atoms with Crippen LogP contribution in [0.5, 0.6) is 0 Å². The molecule has 0 radical (unpaired) electrons. The maximum absolute atomic E-state index is 12.7. The molecule has 108 valence electrons. The molecule has 1 fully saturated rings. The third-order valence-corrected chi connectivity index (χ3v) is 3.20.